The lowest BCUT2D eigenvalue weighted by Crippen LogP contribution is -2.36. The Balaban J connectivity index is 1.20. The third-order valence-electron chi connectivity index (χ3n) is 9.03. The number of carbonyl (C=O) groups excluding carboxylic acids is 2. The summed E-state index contributed by atoms with van der Waals surface area (Å²) in [6.45, 7) is 1.49. The van der Waals surface area contributed by atoms with Crippen molar-refractivity contribution in [3.63, 3.8) is 0 Å². The first-order valence-corrected chi connectivity index (χ1v) is 16.1. The van der Waals surface area contributed by atoms with Gasteiger partial charge in [0.15, 0.2) is 22.7 Å². The van der Waals surface area contributed by atoms with E-state index in [4.69, 9.17) is 20.8 Å². The number of amides is 2. The van der Waals surface area contributed by atoms with Gasteiger partial charge in [-0.2, -0.15) is 0 Å². The number of nitrogens with zero attached hydrogens (tertiary/aromatic N) is 1. The van der Waals surface area contributed by atoms with Crippen molar-refractivity contribution in [1.82, 2.24) is 10.2 Å². The first-order valence-electron chi connectivity index (χ1n) is 15.7. The monoisotopic (exact) mass is 640 g/mol. The summed E-state index contributed by atoms with van der Waals surface area (Å²) >= 11 is 6.12. The number of hydrogen-bond donors (Lipinski definition) is 2. The highest BCUT2D eigenvalue weighted by Gasteiger charge is 2.25. The molecule has 6 rings (SSSR count). The van der Waals surface area contributed by atoms with Gasteiger partial charge >= 0.3 is 0 Å². The molecular formula is C37H37ClN2O6. The van der Waals surface area contributed by atoms with Crippen molar-refractivity contribution in [3.05, 3.63) is 116 Å². The number of methoxy groups -OCH3 is 1. The Hall–Kier alpha value is -4.56. The van der Waals surface area contributed by atoms with Gasteiger partial charge in [0.25, 0.3) is 5.91 Å². The summed E-state index contributed by atoms with van der Waals surface area (Å²) in [6.07, 6.45) is 7.98. The summed E-state index contributed by atoms with van der Waals surface area (Å²) in [5.74, 6) is -0.0454. The fourth-order valence-corrected chi connectivity index (χ4v) is 6.74. The molecular weight excluding hydrogens is 604 g/mol. The number of carbonyl (C=O) groups is 2. The van der Waals surface area contributed by atoms with E-state index in [1.165, 1.54) is 35.9 Å². The summed E-state index contributed by atoms with van der Waals surface area (Å²) in [6, 6.07) is 19.5. The Morgan fingerprint density at radius 1 is 1.09 bits per heavy atom. The molecule has 1 aliphatic carbocycles. The highest BCUT2D eigenvalue weighted by atomic mass is 35.5. The van der Waals surface area contributed by atoms with Crippen LogP contribution in [0.4, 0.5) is 0 Å². The second-order valence-electron chi connectivity index (χ2n) is 12.1. The molecule has 0 radical (unpaired) electrons. The van der Waals surface area contributed by atoms with E-state index in [0.717, 1.165) is 50.3 Å². The smallest absolute Gasteiger partial charge is 0.287 e. The van der Waals surface area contributed by atoms with Crippen LogP contribution in [0.15, 0.2) is 87.6 Å². The molecule has 9 heteroatoms. The third-order valence-corrected chi connectivity index (χ3v) is 9.28. The number of ether oxygens (including phenoxy) is 1. The van der Waals surface area contributed by atoms with Gasteiger partial charge < -0.3 is 24.5 Å². The van der Waals surface area contributed by atoms with Gasteiger partial charge in [0.05, 0.1) is 18.5 Å². The van der Waals surface area contributed by atoms with E-state index in [2.05, 4.69) is 35.7 Å². The number of phenolic OH excluding ortho intramolecular Hbond substituents is 1. The maximum atomic E-state index is 13.5. The molecule has 1 atom stereocenters. The van der Waals surface area contributed by atoms with Crippen LogP contribution in [0.1, 0.15) is 71.7 Å². The largest absolute Gasteiger partial charge is 0.504 e. The Labute approximate surface area is 272 Å². The molecule has 0 unspecified atom stereocenters. The molecule has 2 amide bonds. The van der Waals surface area contributed by atoms with Crippen LogP contribution in [0.3, 0.4) is 0 Å². The van der Waals surface area contributed by atoms with E-state index in [1.54, 1.807) is 0 Å². The van der Waals surface area contributed by atoms with Gasteiger partial charge in [-0.05, 0) is 79.3 Å². The van der Waals surface area contributed by atoms with E-state index < -0.39 is 11.3 Å². The number of benzene rings is 3. The van der Waals surface area contributed by atoms with Crippen molar-refractivity contribution < 1.29 is 23.8 Å². The zero-order valence-corrected chi connectivity index (χ0v) is 26.5. The number of likely N-dealkylation sites (tertiary alicyclic amines) is 1. The summed E-state index contributed by atoms with van der Waals surface area (Å²) in [4.78, 5) is 40.6. The molecule has 46 heavy (non-hydrogen) atoms. The summed E-state index contributed by atoms with van der Waals surface area (Å²) in [7, 11) is 1.40. The van der Waals surface area contributed by atoms with Gasteiger partial charge in [0.2, 0.25) is 5.91 Å². The minimum atomic E-state index is -0.513. The summed E-state index contributed by atoms with van der Waals surface area (Å²) in [5.41, 5.74) is 4.53. The lowest BCUT2D eigenvalue weighted by atomic mass is 9.79. The number of hydrogen-bond acceptors (Lipinski definition) is 6. The number of rotatable bonds is 9. The molecule has 2 aliphatic rings. The van der Waals surface area contributed by atoms with Gasteiger partial charge in [-0.25, -0.2) is 0 Å². The van der Waals surface area contributed by atoms with Crippen molar-refractivity contribution >= 4 is 34.4 Å². The SMILES string of the molecule is COc1cc2oc(C(=O)N[C@@H](C=C3CCC(c4ccccc4CN4CCCC4=O)CC3)Cc3ccc(Cl)cc3)cc(=O)c2cc1O. The van der Waals surface area contributed by atoms with Crippen LogP contribution in [0.25, 0.3) is 11.0 Å². The lowest BCUT2D eigenvalue weighted by Gasteiger charge is -2.28. The fourth-order valence-electron chi connectivity index (χ4n) is 6.62. The van der Waals surface area contributed by atoms with Gasteiger partial charge in [0, 0.05) is 36.7 Å². The number of allylic oxidation sites excluding steroid dienone is 1. The molecule has 2 fully saturated rings. The van der Waals surface area contributed by atoms with Crippen molar-refractivity contribution in [2.75, 3.05) is 13.7 Å². The second-order valence-corrected chi connectivity index (χ2v) is 12.6. The number of nitrogens with one attached hydrogen (secondary N) is 1. The van der Waals surface area contributed by atoms with Crippen LogP contribution in [0.5, 0.6) is 11.5 Å². The van der Waals surface area contributed by atoms with Gasteiger partial charge in [-0.15, -0.1) is 0 Å². The standard InChI is InChI=1S/C37H37ClN2O6/c1-45-34-21-33-30(19-32(34)42)31(41)20-35(46-33)37(44)39-28(18-24-10-14-27(38)15-11-24)17-23-8-12-25(13-9-23)29-6-3-2-5-26(29)22-40-16-4-7-36(40)43/h2-3,5-6,10-11,14-15,17,19-21,25,28,42H,4,7-9,12-13,16,18,22H2,1H3,(H,39,44)/t25?,28-/m0/s1. The van der Waals surface area contributed by atoms with Crippen LogP contribution >= 0.6 is 11.6 Å². The average Bonchev–Trinajstić information content (AvgIpc) is 3.46. The van der Waals surface area contributed by atoms with Crippen LogP contribution < -0.4 is 15.5 Å². The molecule has 1 aromatic heterocycles. The van der Waals surface area contributed by atoms with E-state index in [-0.39, 0.29) is 40.2 Å². The van der Waals surface area contributed by atoms with Crippen molar-refractivity contribution in [2.45, 2.75) is 63.5 Å². The number of aromatic hydroxyl groups is 1. The normalized spacial score (nSPS) is 17.3. The van der Waals surface area contributed by atoms with E-state index >= 15 is 0 Å². The Morgan fingerprint density at radius 3 is 2.57 bits per heavy atom. The van der Waals surface area contributed by atoms with Gasteiger partial charge in [0.1, 0.15) is 5.58 Å². The maximum absolute atomic E-state index is 13.5. The quantitative estimate of drug-likeness (QED) is 0.193. The van der Waals surface area contributed by atoms with Crippen LogP contribution in [-0.4, -0.2) is 41.5 Å². The predicted molar refractivity (Wildman–Crippen MR) is 177 cm³/mol. The van der Waals surface area contributed by atoms with Crippen molar-refractivity contribution in [3.8, 4) is 11.5 Å². The first-order chi connectivity index (χ1) is 22.3. The van der Waals surface area contributed by atoms with Crippen LogP contribution in [-0.2, 0) is 17.8 Å². The Morgan fingerprint density at radius 2 is 1.85 bits per heavy atom. The lowest BCUT2D eigenvalue weighted by molar-refractivity contribution is -0.128. The molecule has 0 bridgehead atoms. The third kappa shape index (κ3) is 7.12. The first kappa shape index (κ1) is 31.4. The van der Waals surface area contributed by atoms with E-state index in [9.17, 15) is 19.5 Å². The Bertz CT molecular complexity index is 1840. The molecule has 2 N–H and O–H groups in total. The molecule has 8 nitrogen and oxygen atoms in total. The number of phenols is 1. The summed E-state index contributed by atoms with van der Waals surface area (Å²) < 4.78 is 11.0. The predicted octanol–water partition coefficient (Wildman–Crippen LogP) is 6.91. The fraction of sp³-hybridized carbons (Fsp3) is 0.324. The van der Waals surface area contributed by atoms with E-state index in [0.29, 0.717) is 30.3 Å². The maximum Gasteiger partial charge on any atom is 0.287 e. The Kier molecular flexibility index (Phi) is 9.45. The average molecular weight is 641 g/mol. The van der Waals surface area contributed by atoms with Gasteiger partial charge in [-0.3, -0.25) is 14.4 Å². The minimum Gasteiger partial charge on any atom is -0.504 e. The topological polar surface area (TPSA) is 109 Å². The number of halogens is 1. The molecule has 1 aliphatic heterocycles. The highest BCUT2D eigenvalue weighted by molar-refractivity contribution is 6.30. The highest BCUT2D eigenvalue weighted by Crippen LogP contribution is 2.38. The van der Waals surface area contributed by atoms with Crippen molar-refractivity contribution in [2.24, 2.45) is 0 Å². The molecule has 238 valence electrons. The molecule has 1 saturated heterocycles. The molecule has 0 spiro atoms. The van der Waals surface area contributed by atoms with E-state index in [1.807, 2.05) is 29.2 Å². The molecule has 1 saturated carbocycles. The molecule has 4 aromatic rings. The zero-order valence-electron chi connectivity index (χ0n) is 25.8. The van der Waals surface area contributed by atoms with Crippen molar-refractivity contribution in [1.29, 1.82) is 0 Å². The number of fused-ring (bicyclic) bond motifs is 1. The van der Waals surface area contributed by atoms with Gasteiger partial charge in [-0.1, -0.05) is 59.6 Å². The van der Waals surface area contributed by atoms with Crippen LogP contribution in [0.2, 0.25) is 5.02 Å². The minimum absolute atomic E-state index is 0.124. The second kappa shape index (κ2) is 13.8. The molecule has 2 heterocycles. The summed E-state index contributed by atoms with van der Waals surface area (Å²) in [5, 5.41) is 14.0. The zero-order chi connectivity index (χ0) is 32.2. The van der Waals surface area contributed by atoms with Crippen LogP contribution in [0, 0.1) is 0 Å². The molecule has 3 aromatic carbocycles.